The van der Waals surface area contributed by atoms with Crippen LogP contribution >= 0.6 is 0 Å². The summed E-state index contributed by atoms with van der Waals surface area (Å²) in [5, 5.41) is 12.7. The number of hydrogen-bond acceptors (Lipinski definition) is 5. The molecule has 92 valence electrons. The lowest BCUT2D eigenvalue weighted by Gasteiger charge is -2.08. The fourth-order valence-electron chi connectivity index (χ4n) is 1.18. The van der Waals surface area contributed by atoms with Crippen LogP contribution in [0.3, 0.4) is 0 Å². The molecule has 0 saturated heterocycles. The molecule has 0 radical (unpaired) electrons. The molecule has 1 rings (SSSR count). The highest BCUT2D eigenvalue weighted by molar-refractivity contribution is 6.37. The molecule has 0 bridgehead atoms. The second-order valence-electron chi connectivity index (χ2n) is 3.40. The number of carbonyl (C=O) groups is 1. The van der Waals surface area contributed by atoms with Gasteiger partial charge in [-0.2, -0.15) is 0 Å². The van der Waals surface area contributed by atoms with Gasteiger partial charge in [0.1, 0.15) is 19.8 Å². The number of aliphatic hydroxyl groups is 1. The van der Waals surface area contributed by atoms with Gasteiger partial charge in [0.15, 0.2) is 5.71 Å². The van der Waals surface area contributed by atoms with E-state index in [4.69, 9.17) is 4.74 Å². The van der Waals surface area contributed by atoms with Crippen molar-refractivity contribution in [2.75, 3.05) is 7.11 Å². The number of rotatable bonds is 5. The number of hydrogen-bond donors (Lipinski definition) is 1. The van der Waals surface area contributed by atoms with Crippen molar-refractivity contribution in [2.45, 2.75) is 19.6 Å². The Morgan fingerprint density at radius 3 is 2.59 bits per heavy atom. The third-order valence-electron chi connectivity index (χ3n) is 2.01. The van der Waals surface area contributed by atoms with E-state index in [1.54, 1.807) is 0 Å². The molecular formula is C12H15NO4. The average Bonchev–Trinajstić information content (AvgIpc) is 2.34. The van der Waals surface area contributed by atoms with Crippen LogP contribution in [0, 0.1) is 0 Å². The molecule has 0 aliphatic rings. The van der Waals surface area contributed by atoms with Crippen molar-refractivity contribution in [1.29, 1.82) is 0 Å². The van der Waals surface area contributed by atoms with Gasteiger partial charge in [-0.1, -0.05) is 35.5 Å². The lowest BCUT2D eigenvalue weighted by molar-refractivity contribution is -0.137. The van der Waals surface area contributed by atoms with E-state index in [0.717, 1.165) is 5.56 Å². The van der Waals surface area contributed by atoms with Gasteiger partial charge in [-0.25, -0.2) is 4.79 Å². The van der Waals surface area contributed by atoms with Crippen molar-refractivity contribution >= 4 is 11.7 Å². The first kappa shape index (κ1) is 13.2. The van der Waals surface area contributed by atoms with Gasteiger partial charge >= 0.3 is 5.97 Å². The largest absolute Gasteiger partial charge is 0.456 e. The first-order valence-electron chi connectivity index (χ1n) is 5.15. The van der Waals surface area contributed by atoms with E-state index < -0.39 is 12.1 Å². The van der Waals surface area contributed by atoms with E-state index >= 15 is 0 Å². The summed E-state index contributed by atoms with van der Waals surface area (Å²) in [7, 11) is 1.30. The zero-order valence-electron chi connectivity index (χ0n) is 9.79. The minimum Gasteiger partial charge on any atom is -0.456 e. The summed E-state index contributed by atoms with van der Waals surface area (Å²) in [5.74, 6) is -0.689. The maximum Gasteiger partial charge on any atom is 0.359 e. The van der Waals surface area contributed by atoms with Crippen LogP contribution in [0.25, 0.3) is 0 Å². The van der Waals surface area contributed by atoms with E-state index in [1.807, 2.05) is 30.3 Å². The Morgan fingerprint density at radius 1 is 1.41 bits per heavy atom. The fourth-order valence-corrected chi connectivity index (χ4v) is 1.18. The Balaban J connectivity index is 2.57. The second kappa shape index (κ2) is 6.65. The summed E-state index contributed by atoms with van der Waals surface area (Å²) in [5.41, 5.74) is 0.714. The van der Waals surface area contributed by atoms with Crippen LogP contribution in [0.1, 0.15) is 12.5 Å². The fraction of sp³-hybridized carbons (Fsp3) is 0.333. The summed E-state index contributed by atoms with van der Waals surface area (Å²) in [6.07, 6.45) is -1.03. The summed E-state index contributed by atoms with van der Waals surface area (Å²) in [6.45, 7) is 1.55. The number of ether oxygens (including phenoxy) is 1. The smallest absolute Gasteiger partial charge is 0.359 e. The van der Waals surface area contributed by atoms with Gasteiger partial charge in [0.05, 0.1) is 0 Å². The zero-order valence-corrected chi connectivity index (χ0v) is 9.79. The predicted octanol–water partition coefficient (Wildman–Crippen LogP) is 1.11. The van der Waals surface area contributed by atoms with Crippen molar-refractivity contribution in [3.05, 3.63) is 35.9 Å². The summed E-state index contributed by atoms with van der Waals surface area (Å²) < 4.78 is 4.99. The molecule has 5 nitrogen and oxygen atoms in total. The van der Waals surface area contributed by atoms with Crippen molar-refractivity contribution in [1.82, 2.24) is 0 Å². The van der Waals surface area contributed by atoms with Gasteiger partial charge in [0.2, 0.25) is 0 Å². The van der Waals surface area contributed by atoms with Crippen molar-refractivity contribution < 1.29 is 19.5 Å². The van der Waals surface area contributed by atoms with Crippen LogP contribution in [-0.2, 0) is 21.0 Å². The Bertz CT molecular complexity index is 387. The first-order valence-corrected chi connectivity index (χ1v) is 5.15. The van der Waals surface area contributed by atoms with Gasteiger partial charge in [-0.15, -0.1) is 0 Å². The van der Waals surface area contributed by atoms with Crippen molar-refractivity contribution in [3.8, 4) is 0 Å². The molecule has 0 aliphatic heterocycles. The molecule has 1 aromatic rings. The van der Waals surface area contributed by atoms with Crippen LogP contribution in [0.2, 0.25) is 0 Å². The van der Waals surface area contributed by atoms with E-state index in [-0.39, 0.29) is 12.3 Å². The van der Waals surface area contributed by atoms with Crippen LogP contribution < -0.4 is 0 Å². The van der Waals surface area contributed by atoms with Crippen molar-refractivity contribution in [2.24, 2.45) is 5.16 Å². The number of carbonyl (C=O) groups excluding carboxylic acids is 1. The van der Waals surface area contributed by atoms with Crippen LogP contribution in [-0.4, -0.2) is 30.0 Å². The van der Waals surface area contributed by atoms with E-state index in [2.05, 4.69) is 9.99 Å². The quantitative estimate of drug-likeness (QED) is 0.473. The zero-order chi connectivity index (χ0) is 12.7. The molecule has 5 heteroatoms. The number of oxime groups is 1. The SMILES string of the molecule is CO/N=C(/C(=O)OCc1ccccc1)C(C)O. The van der Waals surface area contributed by atoms with E-state index in [1.165, 1.54) is 14.0 Å². The summed E-state index contributed by atoms with van der Waals surface area (Å²) >= 11 is 0. The molecule has 0 amide bonds. The maximum absolute atomic E-state index is 11.6. The van der Waals surface area contributed by atoms with Crippen LogP contribution in [0.4, 0.5) is 0 Å². The van der Waals surface area contributed by atoms with Gasteiger partial charge < -0.3 is 14.7 Å². The number of nitrogens with zero attached hydrogens (tertiary/aromatic N) is 1. The number of esters is 1. The molecule has 1 aromatic carbocycles. The van der Waals surface area contributed by atoms with Crippen molar-refractivity contribution in [3.63, 3.8) is 0 Å². The van der Waals surface area contributed by atoms with Crippen LogP contribution in [0.5, 0.6) is 0 Å². The Kier molecular flexibility index (Phi) is 5.16. The number of aliphatic hydroxyl groups excluding tert-OH is 1. The molecule has 0 aliphatic carbocycles. The topological polar surface area (TPSA) is 68.1 Å². The van der Waals surface area contributed by atoms with Crippen LogP contribution in [0.15, 0.2) is 35.5 Å². The molecule has 1 atom stereocenters. The molecule has 0 spiro atoms. The molecule has 0 saturated carbocycles. The lowest BCUT2D eigenvalue weighted by atomic mass is 10.2. The minimum atomic E-state index is -1.03. The standard InChI is InChI=1S/C12H15NO4/c1-9(14)11(13-16-2)12(15)17-8-10-6-4-3-5-7-10/h3-7,9,14H,8H2,1-2H3/b13-11+. The second-order valence-corrected chi connectivity index (χ2v) is 3.40. The Labute approximate surface area is 99.7 Å². The highest BCUT2D eigenvalue weighted by Crippen LogP contribution is 2.02. The predicted molar refractivity (Wildman–Crippen MR) is 62.4 cm³/mol. The third-order valence-corrected chi connectivity index (χ3v) is 2.01. The van der Waals surface area contributed by atoms with Gasteiger partial charge in [0, 0.05) is 0 Å². The molecule has 17 heavy (non-hydrogen) atoms. The summed E-state index contributed by atoms with van der Waals surface area (Å²) in [6, 6.07) is 9.24. The highest BCUT2D eigenvalue weighted by Gasteiger charge is 2.19. The Hall–Kier alpha value is -1.88. The van der Waals surface area contributed by atoms with E-state index in [0.29, 0.717) is 0 Å². The monoisotopic (exact) mass is 237 g/mol. The molecular weight excluding hydrogens is 222 g/mol. The molecule has 1 N–H and O–H groups in total. The third kappa shape index (κ3) is 4.24. The summed E-state index contributed by atoms with van der Waals surface area (Å²) in [4.78, 5) is 16.0. The highest BCUT2D eigenvalue weighted by atomic mass is 16.6. The molecule has 0 fully saturated rings. The average molecular weight is 237 g/mol. The number of benzene rings is 1. The van der Waals surface area contributed by atoms with Gasteiger partial charge in [0.25, 0.3) is 0 Å². The van der Waals surface area contributed by atoms with E-state index in [9.17, 15) is 9.90 Å². The van der Waals surface area contributed by atoms with Gasteiger partial charge in [-0.05, 0) is 12.5 Å². The maximum atomic E-state index is 11.6. The molecule has 0 aromatic heterocycles. The lowest BCUT2D eigenvalue weighted by Crippen LogP contribution is -2.28. The first-order chi connectivity index (χ1) is 8.15. The minimum absolute atomic E-state index is 0.134. The Morgan fingerprint density at radius 2 is 2.06 bits per heavy atom. The van der Waals surface area contributed by atoms with Gasteiger partial charge in [-0.3, -0.25) is 0 Å². The molecule has 1 unspecified atom stereocenters. The molecule has 0 heterocycles. The normalized spacial score (nSPS) is 13.0.